The van der Waals surface area contributed by atoms with Crippen LogP contribution in [-0.2, 0) is 4.79 Å². The molecule has 0 aliphatic carbocycles. The standard InChI is InChI=1S/C14H19NO5/c1-4-15(5-2)13(16)12-14(17)20-11-8-9(18-3)6-7-10(11)19-12/h6-8,12,14,17H,4-5H2,1-3H3/t12-,14+/m0/s1. The van der Waals surface area contributed by atoms with Crippen LogP contribution in [0.3, 0.4) is 0 Å². The first-order chi connectivity index (χ1) is 9.60. The lowest BCUT2D eigenvalue weighted by atomic mass is 10.2. The molecule has 1 N–H and O–H groups in total. The molecule has 0 bridgehead atoms. The summed E-state index contributed by atoms with van der Waals surface area (Å²) in [7, 11) is 1.54. The van der Waals surface area contributed by atoms with Crippen LogP contribution in [0.2, 0.25) is 0 Å². The van der Waals surface area contributed by atoms with Gasteiger partial charge in [-0.3, -0.25) is 4.79 Å². The second-order valence-corrected chi connectivity index (χ2v) is 4.37. The van der Waals surface area contributed by atoms with Crippen molar-refractivity contribution in [3.8, 4) is 17.2 Å². The van der Waals surface area contributed by atoms with Gasteiger partial charge in [0, 0.05) is 19.2 Å². The third-order valence-electron chi connectivity index (χ3n) is 3.23. The third kappa shape index (κ3) is 2.65. The molecule has 2 atom stereocenters. The van der Waals surface area contributed by atoms with Gasteiger partial charge in [0.05, 0.1) is 7.11 Å². The molecule has 6 heteroatoms. The fourth-order valence-corrected chi connectivity index (χ4v) is 2.08. The van der Waals surface area contributed by atoms with E-state index in [0.717, 1.165) is 0 Å². The van der Waals surface area contributed by atoms with E-state index in [4.69, 9.17) is 14.2 Å². The Bertz CT molecular complexity index is 486. The number of hydrogen-bond acceptors (Lipinski definition) is 5. The van der Waals surface area contributed by atoms with Crippen molar-refractivity contribution < 1.29 is 24.1 Å². The number of rotatable bonds is 4. The van der Waals surface area contributed by atoms with Crippen LogP contribution in [0.25, 0.3) is 0 Å². The molecule has 0 aromatic heterocycles. The van der Waals surface area contributed by atoms with E-state index in [1.165, 1.54) is 7.11 Å². The van der Waals surface area contributed by atoms with Crippen molar-refractivity contribution in [3.63, 3.8) is 0 Å². The Balaban J connectivity index is 2.21. The summed E-state index contributed by atoms with van der Waals surface area (Å²) in [5, 5.41) is 9.95. The van der Waals surface area contributed by atoms with E-state index < -0.39 is 12.4 Å². The largest absolute Gasteiger partial charge is 0.497 e. The quantitative estimate of drug-likeness (QED) is 0.892. The summed E-state index contributed by atoms with van der Waals surface area (Å²) in [6.45, 7) is 4.85. The molecule has 2 rings (SSSR count). The fraction of sp³-hybridized carbons (Fsp3) is 0.500. The van der Waals surface area contributed by atoms with E-state index in [9.17, 15) is 9.90 Å². The SMILES string of the molecule is CCN(CC)C(=O)[C@@H]1Oc2ccc(OC)cc2O[C@H]1O. The molecule has 0 saturated carbocycles. The topological polar surface area (TPSA) is 68.2 Å². The summed E-state index contributed by atoms with van der Waals surface area (Å²) in [5.74, 6) is 1.08. The number of amides is 1. The van der Waals surface area contributed by atoms with E-state index in [2.05, 4.69) is 0 Å². The Hall–Kier alpha value is -1.95. The zero-order valence-corrected chi connectivity index (χ0v) is 11.8. The second-order valence-electron chi connectivity index (χ2n) is 4.37. The number of ether oxygens (including phenoxy) is 3. The van der Waals surface area contributed by atoms with Crippen molar-refractivity contribution in [1.29, 1.82) is 0 Å². The monoisotopic (exact) mass is 281 g/mol. The zero-order valence-electron chi connectivity index (χ0n) is 11.8. The van der Waals surface area contributed by atoms with Gasteiger partial charge in [-0.05, 0) is 26.0 Å². The highest BCUT2D eigenvalue weighted by Crippen LogP contribution is 2.36. The van der Waals surface area contributed by atoms with Crippen molar-refractivity contribution in [3.05, 3.63) is 18.2 Å². The summed E-state index contributed by atoms with van der Waals surface area (Å²) < 4.78 is 16.0. The summed E-state index contributed by atoms with van der Waals surface area (Å²) in [4.78, 5) is 13.8. The predicted octanol–water partition coefficient (Wildman–Crippen LogP) is 1.02. The van der Waals surface area contributed by atoms with Gasteiger partial charge in [-0.25, -0.2) is 0 Å². The molecule has 1 aliphatic heterocycles. The first kappa shape index (κ1) is 14.5. The Labute approximate surface area is 117 Å². The number of hydrogen-bond donors (Lipinski definition) is 1. The molecule has 1 heterocycles. The van der Waals surface area contributed by atoms with Gasteiger partial charge in [-0.1, -0.05) is 0 Å². The molecule has 0 fully saturated rings. The number of carbonyl (C=O) groups excluding carboxylic acids is 1. The number of aliphatic hydroxyl groups is 1. The maximum Gasteiger partial charge on any atom is 0.270 e. The maximum absolute atomic E-state index is 12.2. The highest BCUT2D eigenvalue weighted by atomic mass is 16.7. The summed E-state index contributed by atoms with van der Waals surface area (Å²) in [6.07, 6.45) is -2.38. The number of nitrogens with zero attached hydrogens (tertiary/aromatic N) is 1. The van der Waals surface area contributed by atoms with Crippen LogP contribution >= 0.6 is 0 Å². The Morgan fingerprint density at radius 3 is 2.60 bits per heavy atom. The second kappa shape index (κ2) is 6.00. The van der Waals surface area contributed by atoms with Crippen LogP contribution in [0, 0.1) is 0 Å². The van der Waals surface area contributed by atoms with E-state index in [1.807, 2.05) is 13.8 Å². The van der Waals surface area contributed by atoms with Gasteiger partial charge in [-0.15, -0.1) is 0 Å². The summed E-state index contributed by atoms with van der Waals surface area (Å²) >= 11 is 0. The van der Waals surface area contributed by atoms with Gasteiger partial charge in [0.1, 0.15) is 5.75 Å². The van der Waals surface area contributed by atoms with E-state index in [1.54, 1.807) is 23.1 Å². The van der Waals surface area contributed by atoms with Gasteiger partial charge >= 0.3 is 0 Å². The molecule has 1 aromatic carbocycles. The lowest BCUT2D eigenvalue weighted by molar-refractivity contribution is -0.162. The van der Waals surface area contributed by atoms with Gasteiger partial charge in [0.2, 0.25) is 12.4 Å². The molecule has 20 heavy (non-hydrogen) atoms. The number of methoxy groups -OCH3 is 1. The third-order valence-corrected chi connectivity index (χ3v) is 3.23. The van der Waals surface area contributed by atoms with Gasteiger partial charge in [-0.2, -0.15) is 0 Å². The average Bonchev–Trinajstić information content (AvgIpc) is 2.47. The molecular formula is C14H19NO5. The normalized spacial score (nSPS) is 20.4. The smallest absolute Gasteiger partial charge is 0.270 e. The van der Waals surface area contributed by atoms with Gasteiger partial charge < -0.3 is 24.2 Å². The first-order valence-electron chi connectivity index (χ1n) is 6.58. The van der Waals surface area contributed by atoms with Crippen molar-refractivity contribution in [1.82, 2.24) is 4.90 Å². The van der Waals surface area contributed by atoms with Crippen molar-refractivity contribution >= 4 is 5.91 Å². The summed E-state index contributed by atoms with van der Waals surface area (Å²) in [6, 6.07) is 4.97. The van der Waals surface area contributed by atoms with Crippen molar-refractivity contribution in [2.24, 2.45) is 0 Å². The highest BCUT2D eigenvalue weighted by molar-refractivity contribution is 5.82. The first-order valence-corrected chi connectivity index (χ1v) is 6.58. The number of carbonyl (C=O) groups is 1. The fourth-order valence-electron chi connectivity index (χ4n) is 2.08. The van der Waals surface area contributed by atoms with Gasteiger partial charge in [0.15, 0.2) is 11.5 Å². The Kier molecular flexibility index (Phi) is 4.34. The Morgan fingerprint density at radius 1 is 1.30 bits per heavy atom. The van der Waals surface area contributed by atoms with E-state index in [0.29, 0.717) is 30.3 Å². The van der Waals surface area contributed by atoms with E-state index >= 15 is 0 Å². The molecule has 0 saturated heterocycles. The molecule has 0 unspecified atom stereocenters. The molecule has 6 nitrogen and oxygen atoms in total. The van der Waals surface area contributed by atoms with Crippen molar-refractivity contribution in [2.45, 2.75) is 26.2 Å². The number of fused-ring (bicyclic) bond motifs is 1. The molecule has 1 aromatic rings. The minimum absolute atomic E-state index is 0.288. The molecule has 110 valence electrons. The lowest BCUT2D eigenvalue weighted by Gasteiger charge is -2.32. The lowest BCUT2D eigenvalue weighted by Crippen LogP contribution is -2.51. The number of likely N-dealkylation sites (N-methyl/N-ethyl adjacent to an activating group) is 1. The van der Waals surface area contributed by atoms with Crippen molar-refractivity contribution in [2.75, 3.05) is 20.2 Å². The highest BCUT2D eigenvalue weighted by Gasteiger charge is 2.38. The molecule has 0 spiro atoms. The van der Waals surface area contributed by atoms with Crippen LogP contribution in [0.1, 0.15) is 13.8 Å². The maximum atomic E-state index is 12.2. The van der Waals surface area contributed by atoms with Crippen LogP contribution < -0.4 is 14.2 Å². The Morgan fingerprint density at radius 2 is 2.00 bits per heavy atom. The van der Waals surface area contributed by atoms with Gasteiger partial charge in [0.25, 0.3) is 5.91 Å². The minimum atomic E-state index is -1.33. The molecule has 1 aliphatic rings. The van der Waals surface area contributed by atoms with Crippen LogP contribution in [0.4, 0.5) is 0 Å². The van der Waals surface area contributed by atoms with Crippen LogP contribution in [-0.4, -0.2) is 48.5 Å². The van der Waals surface area contributed by atoms with Crippen LogP contribution in [0.5, 0.6) is 17.2 Å². The van der Waals surface area contributed by atoms with E-state index in [-0.39, 0.29) is 5.91 Å². The zero-order chi connectivity index (χ0) is 14.7. The van der Waals surface area contributed by atoms with Crippen LogP contribution in [0.15, 0.2) is 18.2 Å². The summed E-state index contributed by atoms with van der Waals surface area (Å²) in [5.41, 5.74) is 0. The molecular weight excluding hydrogens is 262 g/mol. The average molecular weight is 281 g/mol. The molecule has 0 radical (unpaired) electrons. The molecule has 1 amide bonds. The predicted molar refractivity (Wildman–Crippen MR) is 72.0 cm³/mol. The number of benzene rings is 1. The minimum Gasteiger partial charge on any atom is -0.497 e. The number of aliphatic hydroxyl groups excluding tert-OH is 1.